The second-order valence-corrected chi connectivity index (χ2v) is 6.78. The molecule has 0 aromatic heterocycles. The van der Waals surface area contributed by atoms with E-state index in [-0.39, 0.29) is 6.09 Å². The highest BCUT2D eigenvalue weighted by atomic mass is 16.6. The predicted molar refractivity (Wildman–Crippen MR) is 104 cm³/mol. The standard InChI is InChI=1S/C23H21NO2/c1-23(20-12-6-3-7-13-20)15-16-24(22(25)26-23)21-14-8-11-19(17-21)18-9-4-2-5-10-18/h2-14,17H,15-16H2,1H3/t23-/m1/s1. The molecule has 1 amide bonds. The zero-order chi connectivity index (χ0) is 18.0. The number of rotatable bonds is 3. The summed E-state index contributed by atoms with van der Waals surface area (Å²) in [5, 5.41) is 0. The van der Waals surface area contributed by atoms with Crippen LogP contribution in [0.1, 0.15) is 18.9 Å². The molecule has 0 bridgehead atoms. The third-order valence-corrected chi connectivity index (χ3v) is 4.99. The minimum absolute atomic E-state index is 0.298. The quantitative estimate of drug-likeness (QED) is 0.618. The average molecular weight is 343 g/mol. The van der Waals surface area contributed by atoms with E-state index in [9.17, 15) is 4.79 Å². The highest BCUT2D eigenvalue weighted by Gasteiger charge is 2.38. The zero-order valence-corrected chi connectivity index (χ0v) is 14.8. The summed E-state index contributed by atoms with van der Waals surface area (Å²) in [5.74, 6) is 0. The number of hydrogen-bond donors (Lipinski definition) is 0. The zero-order valence-electron chi connectivity index (χ0n) is 14.8. The third-order valence-electron chi connectivity index (χ3n) is 4.99. The number of anilines is 1. The van der Waals surface area contributed by atoms with Crippen molar-refractivity contribution < 1.29 is 9.53 Å². The number of cyclic esters (lactones) is 1. The number of carbonyl (C=O) groups excluding carboxylic acids is 1. The van der Waals surface area contributed by atoms with Gasteiger partial charge in [0.05, 0.1) is 0 Å². The molecule has 1 fully saturated rings. The van der Waals surface area contributed by atoms with Crippen molar-refractivity contribution in [1.82, 2.24) is 0 Å². The van der Waals surface area contributed by atoms with Crippen molar-refractivity contribution in [2.45, 2.75) is 18.9 Å². The molecule has 0 radical (unpaired) electrons. The van der Waals surface area contributed by atoms with E-state index < -0.39 is 5.60 Å². The molecular formula is C23H21NO2. The Hall–Kier alpha value is -3.07. The van der Waals surface area contributed by atoms with Gasteiger partial charge >= 0.3 is 6.09 Å². The smallest absolute Gasteiger partial charge is 0.415 e. The summed E-state index contributed by atoms with van der Waals surface area (Å²) < 4.78 is 5.86. The second-order valence-electron chi connectivity index (χ2n) is 6.78. The Labute approximate surface area is 153 Å². The number of carbonyl (C=O) groups is 1. The number of nitrogens with zero attached hydrogens (tertiary/aromatic N) is 1. The first kappa shape index (κ1) is 16.4. The topological polar surface area (TPSA) is 29.5 Å². The molecule has 3 heteroatoms. The highest BCUT2D eigenvalue weighted by Crippen LogP contribution is 2.36. The fraction of sp³-hybridized carbons (Fsp3) is 0.174. The molecule has 1 heterocycles. The molecule has 1 aliphatic heterocycles. The Morgan fingerprint density at radius 2 is 1.50 bits per heavy atom. The van der Waals surface area contributed by atoms with Gasteiger partial charge in [-0.3, -0.25) is 4.90 Å². The first-order chi connectivity index (χ1) is 12.7. The van der Waals surface area contributed by atoms with Gasteiger partial charge in [0, 0.05) is 18.7 Å². The molecule has 0 aliphatic carbocycles. The summed E-state index contributed by atoms with van der Waals surface area (Å²) >= 11 is 0. The van der Waals surface area contributed by atoms with Crippen LogP contribution in [-0.2, 0) is 10.3 Å². The van der Waals surface area contributed by atoms with Crippen molar-refractivity contribution in [3.63, 3.8) is 0 Å². The molecule has 0 unspecified atom stereocenters. The molecule has 0 spiro atoms. The predicted octanol–water partition coefficient (Wildman–Crippen LogP) is 5.62. The molecular weight excluding hydrogens is 322 g/mol. The van der Waals surface area contributed by atoms with Gasteiger partial charge in [-0.2, -0.15) is 0 Å². The van der Waals surface area contributed by atoms with Crippen molar-refractivity contribution in [2.75, 3.05) is 11.4 Å². The Kier molecular flexibility index (Phi) is 4.21. The molecule has 1 atom stereocenters. The molecule has 26 heavy (non-hydrogen) atoms. The summed E-state index contributed by atoms with van der Waals surface area (Å²) in [6.45, 7) is 2.61. The lowest BCUT2D eigenvalue weighted by atomic mass is 9.91. The number of benzene rings is 3. The fourth-order valence-corrected chi connectivity index (χ4v) is 3.43. The SMILES string of the molecule is C[C@]1(c2ccccc2)CCN(c2cccc(-c3ccccc3)c2)C(=O)O1. The van der Waals surface area contributed by atoms with E-state index in [4.69, 9.17) is 4.74 Å². The van der Waals surface area contributed by atoms with E-state index in [1.807, 2.05) is 73.7 Å². The molecule has 4 rings (SSSR count). The van der Waals surface area contributed by atoms with Crippen LogP contribution in [0.5, 0.6) is 0 Å². The van der Waals surface area contributed by atoms with Gasteiger partial charge in [-0.05, 0) is 35.7 Å². The molecule has 1 saturated heterocycles. The molecule has 0 saturated carbocycles. The van der Waals surface area contributed by atoms with E-state index in [0.717, 1.165) is 28.8 Å². The lowest BCUT2D eigenvalue weighted by Gasteiger charge is -2.39. The lowest BCUT2D eigenvalue weighted by Crippen LogP contribution is -2.46. The molecule has 1 aliphatic rings. The van der Waals surface area contributed by atoms with Crippen LogP contribution in [0.15, 0.2) is 84.9 Å². The highest BCUT2D eigenvalue weighted by molar-refractivity contribution is 5.89. The van der Waals surface area contributed by atoms with Crippen molar-refractivity contribution in [3.8, 4) is 11.1 Å². The van der Waals surface area contributed by atoms with E-state index >= 15 is 0 Å². The first-order valence-corrected chi connectivity index (χ1v) is 8.87. The van der Waals surface area contributed by atoms with Gasteiger partial charge in [-0.15, -0.1) is 0 Å². The van der Waals surface area contributed by atoms with E-state index in [1.54, 1.807) is 4.90 Å². The Bertz CT molecular complexity index is 908. The van der Waals surface area contributed by atoms with Crippen LogP contribution in [0.4, 0.5) is 10.5 Å². The van der Waals surface area contributed by atoms with Gasteiger partial charge in [0.15, 0.2) is 0 Å². The Morgan fingerprint density at radius 1 is 0.846 bits per heavy atom. The fourth-order valence-electron chi connectivity index (χ4n) is 3.43. The Balaban J connectivity index is 1.58. The van der Waals surface area contributed by atoms with Crippen molar-refractivity contribution in [1.29, 1.82) is 0 Å². The summed E-state index contributed by atoms with van der Waals surface area (Å²) in [6.07, 6.45) is 0.450. The van der Waals surface area contributed by atoms with E-state index in [1.165, 1.54) is 0 Å². The van der Waals surface area contributed by atoms with E-state index in [2.05, 4.69) is 18.2 Å². The van der Waals surface area contributed by atoms with Crippen molar-refractivity contribution in [3.05, 3.63) is 90.5 Å². The summed E-state index contributed by atoms with van der Waals surface area (Å²) in [7, 11) is 0. The normalized spacial score (nSPS) is 19.9. The molecule has 0 N–H and O–H groups in total. The second kappa shape index (κ2) is 6.68. The van der Waals surface area contributed by atoms with Gasteiger partial charge in [-0.25, -0.2) is 4.79 Å². The summed E-state index contributed by atoms with van der Waals surface area (Å²) in [4.78, 5) is 14.5. The molecule has 3 aromatic carbocycles. The van der Waals surface area contributed by atoms with Crippen LogP contribution in [0.2, 0.25) is 0 Å². The average Bonchev–Trinajstić information content (AvgIpc) is 2.69. The molecule has 3 aromatic rings. The van der Waals surface area contributed by atoms with Gasteiger partial charge in [0.2, 0.25) is 0 Å². The number of amides is 1. The van der Waals surface area contributed by atoms with E-state index in [0.29, 0.717) is 6.54 Å². The maximum atomic E-state index is 12.7. The first-order valence-electron chi connectivity index (χ1n) is 8.87. The number of ether oxygens (including phenoxy) is 1. The minimum Gasteiger partial charge on any atom is -0.438 e. The molecule has 3 nitrogen and oxygen atoms in total. The summed E-state index contributed by atoms with van der Waals surface area (Å²) in [6, 6.07) is 28.2. The summed E-state index contributed by atoms with van der Waals surface area (Å²) in [5.41, 5.74) is 3.55. The van der Waals surface area contributed by atoms with Crippen molar-refractivity contribution >= 4 is 11.8 Å². The van der Waals surface area contributed by atoms with Crippen LogP contribution in [-0.4, -0.2) is 12.6 Å². The molecule has 130 valence electrons. The van der Waals surface area contributed by atoms with Gasteiger partial charge < -0.3 is 4.74 Å². The van der Waals surface area contributed by atoms with Gasteiger partial charge in [-0.1, -0.05) is 72.8 Å². The van der Waals surface area contributed by atoms with Crippen molar-refractivity contribution in [2.24, 2.45) is 0 Å². The maximum Gasteiger partial charge on any atom is 0.415 e. The largest absolute Gasteiger partial charge is 0.438 e. The Morgan fingerprint density at radius 3 is 2.19 bits per heavy atom. The van der Waals surface area contributed by atoms with Gasteiger partial charge in [0.25, 0.3) is 0 Å². The van der Waals surface area contributed by atoms with Crippen LogP contribution in [0.25, 0.3) is 11.1 Å². The monoisotopic (exact) mass is 343 g/mol. The van der Waals surface area contributed by atoms with Crippen LogP contribution < -0.4 is 4.90 Å². The third kappa shape index (κ3) is 3.08. The van der Waals surface area contributed by atoms with Crippen LogP contribution >= 0.6 is 0 Å². The van der Waals surface area contributed by atoms with Gasteiger partial charge in [0.1, 0.15) is 5.60 Å². The lowest BCUT2D eigenvalue weighted by molar-refractivity contribution is 0.00583. The maximum absolute atomic E-state index is 12.7. The van der Waals surface area contributed by atoms with Crippen LogP contribution in [0.3, 0.4) is 0 Å². The van der Waals surface area contributed by atoms with Crippen LogP contribution in [0, 0.1) is 0 Å². The minimum atomic E-state index is -0.577. The number of hydrogen-bond acceptors (Lipinski definition) is 2.